The molecule has 0 amide bonds. The van der Waals surface area contributed by atoms with Gasteiger partial charge >= 0.3 is 0 Å². The molecule has 6 heteroatoms. The van der Waals surface area contributed by atoms with Crippen molar-refractivity contribution >= 4 is 17.7 Å². The van der Waals surface area contributed by atoms with E-state index in [1.54, 1.807) is 0 Å². The summed E-state index contributed by atoms with van der Waals surface area (Å²) < 4.78 is 5.50. The van der Waals surface area contributed by atoms with Crippen molar-refractivity contribution in [1.82, 2.24) is 9.80 Å². The molecule has 2 aliphatic rings. The summed E-state index contributed by atoms with van der Waals surface area (Å²) in [5.41, 5.74) is 6.02. The first kappa shape index (κ1) is 14.0. The predicted molar refractivity (Wildman–Crippen MR) is 77.2 cm³/mol. The van der Waals surface area contributed by atoms with Crippen LogP contribution in [0.1, 0.15) is 6.92 Å². The molecular formula is C12H24N4OS. The fraction of sp³-hybridized carbons (Fsp3) is 0.917. The Morgan fingerprint density at radius 2 is 2.17 bits per heavy atom. The summed E-state index contributed by atoms with van der Waals surface area (Å²) in [6.07, 6.45) is 0.256. The summed E-state index contributed by atoms with van der Waals surface area (Å²) in [6, 6.07) is 0. The highest BCUT2D eigenvalue weighted by Crippen LogP contribution is 2.08. The molecule has 0 aromatic carbocycles. The average molecular weight is 272 g/mol. The van der Waals surface area contributed by atoms with Crippen LogP contribution in [0, 0.1) is 0 Å². The van der Waals surface area contributed by atoms with Gasteiger partial charge in [-0.3, -0.25) is 9.89 Å². The van der Waals surface area contributed by atoms with Crippen molar-refractivity contribution in [3.05, 3.63) is 0 Å². The van der Waals surface area contributed by atoms with Gasteiger partial charge < -0.3 is 15.4 Å². The number of guanidine groups is 1. The molecule has 104 valence electrons. The second-order valence-corrected chi connectivity index (χ2v) is 6.05. The maximum absolute atomic E-state index is 6.02. The lowest BCUT2D eigenvalue weighted by atomic mass is 10.3. The van der Waals surface area contributed by atoms with E-state index in [0.717, 1.165) is 32.8 Å². The van der Waals surface area contributed by atoms with Gasteiger partial charge in [0, 0.05) is 44.2 Å². The first-order valence-electron chi connectivity index (χ1n) is 6.72. The highest BCUT2D eigenvalue weighted by atomic mass is 32.2. The first-order valence-corrected chi connectivity index (χ1v) is 7.88. The molecule has 0 aliphatic carbocycles. The average Bonchev–Trinajstić information content (AvgIpc) is 2.40. The lowest BCUT2D eigenvalue weighted by Crippen LogP contribution is -2.48. The monoisotopic (exact) mass is 272 g/mol. The third-order valence-corrected chi connectivity index (χ3v) is 4.30. The molecule has 18 heavy (non-hydrogen) atoms. The maximum Gasteiger partial charge on any atom is 0.191 e. The SMILES string of the molecule is CC1CN(C(N)=NCCN2CCSCC2)CCO1. The predicted octanol–water partition coefficient (Wildman–Crippen LogP) is 0.0706. The molecule has 2 N–H and O–H groups in total. The third-order valence-electron chi connectivity index (χ3n) is 3.36. The molecule has 2 fully saturated rings. The summed E-state index contributed by atoms with van der Waals surface area (Å²) in [7, 11) is 0. The molecule has 0 spiro atoms. The van der Waals surface area contributed by atoms with Crippen molar-refractivity contribution in [3.8, 4) is 0 Å². The van der Waals surface area contributed by atoms with Gasteiger partial charge in [-0.25, -0.2) is 0 Å². The third kappa shape index (κ3) is 4.33. The van der Waals surface area contributed by atoms with Crippen LogP contribution in [0.25, 0.3) is 0 Å². The Morgan fingerprint density at radius 3 is 2.89 bits per heavy atom. The second kappa shape index (κ2) is 7.21. The number of morpholine rings is 1. The minimum absolute atomic E-state index is 0.256. The van der Waals surface area contributed by atoms with Crippen LogP contribution >= 0.6 is 11.8 Å². The molecule has 0 aromatic heterocycles. The summed E-state index contributed by atoms with van der Waals surface area (Å²) in [4.78, 5) is 9.09. The first-order chi connectivity index (χ1) is 8.75. The van der Waals surface area contributed by atoms with Gasteiger partial charge in [0.05, 0.1) is 19.3 Å². The van der Waals surface area contributed by atoms with Gasteiger partial charge in [0.25, 0.3) is 0 Å². The topological polar surface area (TPSA) is 54.1 Å². The maximum atomic E-state index is 6.02. The van der Waals surface area contributed by atoms with E-state index in [-0.39, 0.29) is 6.10 Å². The highest BCUT2D eigenvalue weighted by molar-refractivity contribution is 7.99. The van der Waals surface area contributed by atoms with Crippen LogP contribution < -0.4 is 5.73 Å². The second-order valence-electron chi connectivity index (χ2n) is 4.82. The molecule has 2 heterocycles. The molecule has 0 saturated carbocycles. The van der Waals surface area contributed by atoms with Crippen LogP contribution in [0.15, 0.2) is 4.99 Å². The molecule has 1 unspecified atom stereocenters. The van der Waals surface area contributed by atoms with Crippen molar-refractivity contribution < 1.29 is 4.74 Å². The van der Waals surface area contributed by atoms with Gasteiger partial charge in [-0.2, -0.15) is 11.8 Å². The van der Waals surface area contributed by atoms with Crippen LogP contribution in [0.4, 0.5) is 0 Å². The largest absolute Gasteiger partial charge is 0.375 e. The molecule has 0 aromatic rings. The zero-order valence-corrected chi connectivity index (χ0v) is 12.0. The number of ether oxygens (including phenoxy) is 1. The van der Waals surface area contributed by atoms with E-state index in [1.165, 1.54) is 24.6 Å². The molecule has 5 nitrogen and oxygen atoms in total. The summed E-state index contributed by atoms with van der Waals surface area (Å²) in [5.74, 6) is 3.18. The quantitative estimate of drug-likeness (QED) is 0.582. The number of hydrogen-bond acceptors (Lipinski definition) is 4. The molecule has 2 rings (SSSR count). The van der Waals surface area contributed by atoms with Crippen LogP contribution in [-0.4, -0.2) is 79.2 Å². The number of aliphatic imine (C=N–C) groups is 1. The van der Waals surface area contributed by atoms with Gasteiger partial charge in [-0.1, -0.05) is 0 Å². The van der Waals surface area contributed by atoms with E-state index in [9.17, 15) is 0 Å². The molecule has 0 bridgehead atoms. The number of hydrogen-bond donors (Lipinski definition) is 1. The van der Waals surface area contributed by atoms with Gasteiger partial charge in [0.15, 0.2) is 5.96 Å². The Kier molecular flexibility index (Phi) is 5.59. The van der Waals surface area contributed by atoms with Crippen molar-refractivity contribution in [2.75, 3.05) is 57.4 Å². The number of thioether (sulfide) groups is 1. The zero-order chi connectivity index (χ0) is 12.8. The minimum Gasteiger partial charge on any atom is -0.375 e. The Balaban J connectivity index is 1.70. The zero-order valence-electron chi connectivity index (χ0n) is 11.2. The van der Waals surface area contributed by atoms with Gasteiger partial charge in [-0.15, -0.1) is 0 Å². The Morgan fingerprint density at radius 1 is 1.39 bits per heavy atom. The number of rotatable bonds is 3. The molecule has 1 atom stereocenters. The Bertz CT molecular complexity index is 281. The highest BCUT2D eigenvalue weighted by Gasteiger charge is 2.18. The molecule has 2 aliphatic heterocycles. The summed E-state index contributed by atoms with van der Waals surface area (Å²) in [6.45, 7) is 8.76. The van der Waals surface area contributed by atoms with Crippen LogP contribution in [0.2, 0.25) is 0 Å². The Labute approximate surface area is 114 Å². The number of nitrogens with two attached hydrogens (primary N) is 1. The number of nitrogens with zero attached hydrogens (tertiary/aromatic N) is 3. The van der Waals surface area contributed by atoms with E-state index < -0.39 is 0 Å². The van der Waals surface area contributed by atoms with Gasteiger partial charge in [0.2, 0.25) is 0 Å². The molecule has 0 radical (unpaired) electrons. The van der Waals surface area contributed by atoms with Gasteiger partial charge in [-0.05, 0) is 6.92 Å². The van der Waals surface area contributed by atoms with E-state index >= 15 is 0 Å². The standard InChI is InChI=1S/C12H24N4OS/c1-11-10-16(4-7-17-11)12(13)14-2-3-15-5-8-18-9-6-15/h11H,2-10H2,1H3,(H2,13,14). The van der Waals surface area contributed by atoms with Crippen molar-refractivity contribution in [2.45, 2.75) is 13.0 Å². The van der Waals surface area contributed by atoms with Crippen molar-refractivity contribution in [1.29, 1.82) is 0 Å². The fourth-order valence-electron chi connectivity index (χ4n) is 2.26. The van der Waals surface area contributed by atoms with Gasteiger partial charge in [0.1, 0.15) is 0 Å². The van der Waals surface area contributed by atoms with Crippen molar-refractivity contribution in [2.24, 2.45) is 10.7 Å². The summed E-state index contributed by atoms with van der Waals surface area (Å²) >= 11 is 2.04. The summed E-state index contributed by atoms with van der Waals surface area (Å²) in [5, 5.41) is 0. The van der Waals surface area contributed by atoms with Crippen LogP contribution in [-0.2, 0) is 4.74 Å². The molecule has 2 saturated heterocycles. The molecular weight excluding hydrogens is 248 g/mol. The van der Waals surface area contributed by atoms with Crippen molar-refractivity contribution in [3.63, 3.8) is 0 Å². The fourth-order valence-corrected chi connectivity index (χ4v) is 3.24. The minimum atomic E-state index is 0.256. The van der Waals surface area contributed by atoms with Crippen LogP contribution in [0.5, 0.6) is 0 Å². The Hall–Kier alpha value is -0.460. The van der Waals surface area contributed by atoms with E-state index in [0.29, 0.717) is 5.96 Å². The van der Waals surface area contributed by atoms with E-state index in [1.807, 2.05) is 11.8 Å². The lowest BCUT2D eigenvalue weighted by Gasteiger charge is -2.32. The normalized spacial score (nSPS) is 27.5. The van der Waals surface area contributed by atoms with Crippen LogP contribution in [0.3, 0.4) is 0 Å². The van der Waals surface area contributed by atoms with E-state index in [2.05, 4.69) is 21.7 Å². The smallest absolute Gasteiger partial charge is 0.191 e. The lowest BCUT2D eigenvalue weighted by molar-refractivity contribution is 0.00529. The van der Waals surface area contributed by atoms with E-state index in [4.69, 9.17) is 10.5 Å².